The van der Waals surface area contributed by atoms with Crippen molar-refractivity contribution in [1.29, 1.82) is 5.26 Å². The van der Waals surface area contributed by atoms with E-state index in [1.165, 1.54) is 54.7 Å². The van der Waals surface area contributed by atoms with Crippen molar-refractivity contribution in [1.82, 2.24) is 0 Å². The topological polar surface area (TPSA) is 75.3 Å². The van der Waals surface area contributed by atoms with E-state index in [1.807, 2.05) is 0 Å². The molecule has 1 aliphatic rings. The molecule has 1 amide bonds. The predicted molar refractivity (Wildman–Crippen MR) is 141 cm³/mol. The van der Waals surface area contributed by atoms with Gasteiger partial charge in [0, 0.05) is 9.90 Å². The lowest BCUT2D eigenvalue weighted by atomic mass is 9.98. The molecule has 2 heterocycles. The van der Waals surface area contributed by atoms with Gasteiger partial charge in [0.05, 0.1) is 10.6 Å². The van der Waals surface area contributed by atoms with Crippen LogP contribution in [-0.2, 0) is 19.4 Å². The van der Waals surface area contributed by atoms with Crippen LogP contribution in [-0.4, -0.2) is 5.91 Å². The molecule has 1 aliphatic carbocycles. The lowest BCUT2D eigenvalue weighted by molar-refractivity contribution is 0.0993. The SMILES string of the molecule is N#Cc1c(NC(=O)c2ccc(COc3ccc(Cl)cc3Cl)o2)sc2c1CCCCCCCCCC2. The Labute approximate surface area is 220 Å². The fourth-order valence-electron chi connectivity index (χ4n) is 4.32. The number of hydrogen-bond donors (Lipinski definition) is 1. The van der Waals surface area contributed by atoms with Gasteiger partial charge in [0.25, 0.3) is 5.91 Å². The van der Waals surface area contributed by atoms with E-state index < -0.39 is 0 Å². The number of thiophene rings is 1. The van der Waals surface area contributed by atoms with Gasteiger partial charge in [0.2, 0.25) is 0 Å². The molecule has 1 aromatic carbocycles. The maximum absolute atomic E-state index is 12.9. The molecule has 0 radical (unpaired) electrons. The Kier molecular flexibility index (Phi) is 9.14. The van der Waals surface area contributed by atoms with E-state index in [1.54, 1.807) is 30.3 Å². The van der Waals surface area contributed by atoms with Gasteiger partial charge in [-0.1, -0.05) is 61.7 Å². The third-order valence-corrected chi connectivity index (χ3v) is 7.90. The predicted octanol–water partition coefficient (Wildman–Crippen LogP) is 8.57. The number of fused-ring (bicyclic) bond motifs is 1. The fraction of sp³-hybridized carbons (Fsp3) is 0.407. The van der Waals surface area contributed by atoms with Crippen LogP contribution < -0.4 is 10.1 Å². The van der Waals surface area contributed by atoms with E-state index in [4.69, 9.17) is 32.4 Å². The molecule has 0 atom stereocenters. The third-order valence-electron chi connectivity index (χ3n) is 6.16. The van der Waals surface area contributed by atoms with E-state index in [9.17, 15) is 10.1 Å². The first-order chi connectivity index (χ1) is 17.0. The Balaban J connectivity index is 1.44. The normalized spacial score (nSPS) is 14.8. The standard InChI is InChI=1S/C27H28Cl2N2O3S/c28-18-11-13-23(22(29)15-18)33-17-19-12-14-24(34-19)26(32)31-27-21(16-30)20-9-7-5-3-1-2-4-6-8-10-25(20)35-27/h11-15H,1-10,17H2,(H,31,32). The number of ether oxygens (including phenoxy) is 1. The van der Waals surface area contributed by atoms with Crippen LogP contribution in [0, 0.1) is 11.3 Å². The van der Waals surface area contributed by atoms with Crippen molar-refractivity contribution in [2.75, 3.05) is 5.32 Å². The third kappa shape index (κ3) is 6.82. The number of carbonyl (C=O) groups is 1. The summed E-state index contributed by atoms with van der Waals surface area (Å²) in [5.41, 5.74) is 1.71. The van der Waals surface area contributed by atoms with Crippen LogP contribution in [0.1, 0.15) is 83.7 Å². The molecule has 0 spiro atoms. The molecule has 5 nitrogen and oxygen atoms in total. The molecule has 2 aromatic heterocycles. The molecule has 3 aromatic rings. The molecule has 0 bridgehead atoms. The highest BCUT2D eigenvalue weighted by Gasteiger charge is 2.21. The number of furan rings is 1. The number of nitrogens with zero attached hydrogens (tertiary/aromatic N) is 1. The van der Waals surface area contributed by atoms with Crippen molar-refractivity contribution in [3.8, 4) is 11.8 Å². The lowest BCUT2D eigenvalue weighted by Gasteiger charge is -2.08. The molecule has 184 valence electrons. The Morgan fingerprint density at radius 1 is 1.03 bits per heavy atom. The summed E-state index contributed by atoms with van der Waals surface area (Å²) in [5.74, 6) is 0.748. The van der Waals surface area contributed by atoms with Crippen molar-refractivity contribution in [2.45, 2.75) is 70.8 Å². The second-order valence-electron chi connectivity index (χ2n) is 8.73. The Hall–Kier alpha value is -2.46. The smallest absolute Gasteiger partial charge is 0.292 e. The number of halogens is 2. The largest absolute Gasteiger partial charge is 0.484 e. The number of anilines is 1. The first-order valence-electron chi connectivity index (χ1n) is 12.1. The Bertz CT molecular complexity index is 1210. The van der Waals surface area contributed by atoms with E-state index in [-0.39, 0.29) is 18.3 Å². The maximum Gasteiger partial charge on any atom is 0.292 e. The van der Waals surface area contributed by atoms with Crippen LogP contribution in [0.5, 0.6) is 5.75 Å². The van der Waals surface area contributed by atoms with Crippen LogP contribution in [0.15, 0.2) is 34.7 Å². The first kappa shape index (κ1) is 25.6. The zero-order valence-electron chi connectivity index (χ0n) is 19.5. The van der Waals surface area contributed by atoms with Crippen molar-refractivity contribution in [3.63, 3.8) is 0 Å². The number of rotatable bonds is 5. The number of aryl methyl sites for hydroxylation is 1. The lowest BCUT2D eigenvalue weighted by Crippen LogP contribution is -2.11. The highest BCUT2D eigenvalue weighted by molar-refractivity contribution is 7.16. The van der Waals surface area contributed by atoms with Crippen molar-refractivity contribution >= 4 is 45.4 Å². The maximum atomic E-state index is 12.9. The molecule has 8 heteroatoms. The van der Waals surface area contributed by atoms with Gasteiger partial charge in [0.1, 0.15) is 29.2 Å². The van der Waals surface area contributed by atoms with Crippen LogP contribution in [0.2, 0.25) is 10.0 Å². The molecular weight excluding hydrogens is 503 g/mol. The number of benzene rings is 1. The molecular formula is C27H28Cl2N2O3S. The summed E-state index contributed by atoms with van der Waals surface area (Å²) in [6, 6.07) is 10.6. The average Bonchev–Trinajstić information content (AvgIpc) is 3.43. The van der Waals surface area contributed by atoms with E-state index in [0.717, 1.165) is 31.2 Å². The minimum absolute atomic E-state index is 0.116. The number of hydrogen-bond acceptors (Lipinski definition) is 5. The Morgan fingerprint density at radius 3 is 2.46 bits per heavy atom. The van der Waals surface area contributed by atoms with Crippen LogP contribution >= 0.6 is 34.5 Å². The minimum Gasteiger partial charge on any atom is -0.484 e. The van der Waals surface area contributed by atoms with Crippen molar-refractivity contribution in [2.24, 2.45) is 0 Å². The van der Waals surface area contributed by atoms with Gasteiger partial charge in [-0.25, -0.2) is 0 Å². The molecule has 4 rings (SSSR count). The van der Waals surface area contributed by atoms with Gasteiger partial charge in [-0.05, 0) is 61.6 Å². The summed E-state index contributed by atoms with van der Waals surface area (Å²) in [6.07, 6.45) is 11.6. The van der Waals surface area contributed by atoms with E-state index in [0.29, 0.717) is 32.1 Å². The van der Waals surface area contributed by atoms with E-state index in [2.05, 4.69) is 11.4 Å². The second kappa shape index (κ2) is 12.5. The summed E-state index contributed by atoms with van der Waals surface area (Å²) in [5, 5.41) is 14.4. The molecule has 35 heavy (non-hydrogen) atoms. The molecule has 0 saturated heterocycles. The van der Waals surface area contributed by atoms with Crippen LogP contribution in [0.3, 0.4) is 0 Å². The van der Waals surface area contributed by atoms with Gasteiger partial charge in [-0.3, -0.25) is 4.79 Å². The summed E-state index contributed by atoms with van der Waals surface area (Å²) >= 11 is 13.6. The number of nitriles is 1. The Morgan fingerprint density at radius 2 is 1.74 bits per heavy atom. The van der Waals surface area contributed by atoms with Gasteiger partial charge in [-0.2, -0.15) is 5.26 Å². The molecule has 0 aliphatic heterocycles. The highest BCUT2D eigenvalue weighted by Crippen LogP contribution is 2.36. The zero-order chi connectivity index (χ0) is 24.6. The second-order valence-corrected chi connectivity index (χ2v) is 10.7. The minimum atomic E-state index is -0.380. The summed E-state index contributed by atoms with van der Waals surface area (Å²) in [7, 11) is 0. The fourth-order valence-corrected chi connectivity index (χ4v) is 6.01. The van der Waals surface area contributed by atoms with Crippen LogP contribution in [0.4, 0.5) is 5.00 Å². The van der Waals surface area contributed by atoms with E-state index >= 15 is 0 Å². The molecule has 0 fully saturated rings. The number of amides is 1. The summed E-state index contributed by atoms with van der Waals surface area (Å²) < 4.78 is 11.4. The van der Waals surface area contributed by atoms with Crippen molar-refractivity contribution < 1.29 is 13.9 Å². The van der Waals surface area contributed by atoms with Gasteiger partial charge in [0.15, 0.2) is 5.76 Å². The first-order valence-corrected chi connectivity index (χ1v) is 13.6. The quantitative estimate of drug-likeness (QED) is 0.358. The zero-order valence-corrected chi connectivity index (χ0v) is 21.8. The van der Waals surface area contributed by atoms with Gasteiger partial charge in [-0.15, -0.1) is 11.3 Å². The summed E-state index contributed by atoms with van der Waals surface area (Å²) in [6.45, 7) is 0.116. The summed E-state index contributed by atoms with van der Waals surface area (Å²) in [4.78, 5) is 14.2. The monoisotopic (exact) mass is 530 g/mol. The number of nitrogens with one attached hydrogen (secondary N) is 1. The van der Waals surface area contributed by atoms with Gasteiger partial charge >= 0.3 is 0 Å². The molecule has 1 N–H and O–H groups in total. The molecule has 0 unspecified atom stereocenters. The average molecular weight is 532 g/mol. The van der Waals surface area contributed by atoms with Crippen molar-refractivity contribution in [3.05, 3.63) is 67.9 Å². The molecule has 0 saturated carbocycles. The highest BCUT2D eigenvalue weighted by atomic mass is 35.5. The van der Waals surface area contributed by atoms with Gasteiger partial charge < -0.3 is 14.5 Å². The number of carbonyl (C=O) groups excluding carboxylic acids is 1. The van der Waals surface area contributed by atoms with Crippen LogP contribution in [0.25, 0.3) is 0 Å².